The quantitative estimate of drug-likeness (QED) is 0.857. The van der Waals surface area contributed by atoms with Gasteiger partial charge < -0.3 is 9.84 Å². The Labute approximate surface area is 92.9 Å². The van der Waals surface area contributed by atoms with Crippen LogP contribution in [0.1, 0.15) is 29.4 Å². The van der Waals surface area contributed by atoms with Crippen LogP contribution in [0.2, 0.25) is 0 Å². The Morgan fingerprint density at radius 3 is 2.67 bits per heavy atom. The molecule has 0 aromatic carbocycles. The maximum atomic E-state index is 10.6. The van der Waals surface area contributed by atoms with Gasteiger partial charge in [0.1, 0.15) is 10.6 Å². The van der Waals surface area contributed by atoms with E-state index in [1.807, 2.05) is 20.8 Å². The fourth-order valence-electron chi connectivity index (χ4n) is 1.07. The van der Waals surface area contributed by atoms with Crippen LogP contribution < -0.4 is 0 Å². The van der Waals surface area contributed by atoms with Gasteiger partial charge in [-0.05, 0) is 20.8 Å². The molecule has 1 N–H and O–H groups in total. The molecule has 0 spiro atoms. The number of aryl methyl sites for hydroxylation is 1. The first-order chi connectivity index (χ1) is 6.86. The summed E-state index contributed by atoms with van der Waals surface area (Å²) in [6.45, 7) is 5.65. The maximum Gasteiger partial charge on any atom is 0.308 e. The molecule has 1 aromatic heterocycles. The highest BCUT2D eigenvalue weighted by Gasteiger charge is 2.25. The normalized spacial score (nSPS) is 11.7. The highest BCUT2D eigenvalue weighted by Crippen LogP contribution is 2.30. The van der Waals surface area contributed by atoms with Gasteiger partial charge in [0.05, 0.1) is 12.1 Å². The molecule has 0 amide bonds. The Hall–Kier alpha value is -0.940. The number of thiazole rings is 1. The SMILES string of the molecule is COC(C)(C)c1nc(C)c(CC(=O)O)s1. The molecule has 5 heteroatoms. The molecule has 0 unspecified atom stereocenters. The van der Waals surface area contributed by atoms with Crippen LogP contribution in [0.3, 0.4) is 0 Å². The van der Waals surface area contributed by atoms with Crippen LogP contribution in [0.15, 0.2) is 0 Å². The molecule has 15 heavy (non-hydrogen) atoms. The van der Waals surface area contributed by atoms with Crippen molar-refractivity contribution in [1.82, 2.24) is 4.98 Å². The van der Waals surface area contributed by atoms with Gasteiger partial charge >= 0.3 is 5.97 Å². The van der Waals surface area contributed by atoms with E-state index >= 15 is 0 Å². The fraction of sp³-hybridized carbons (Fsp3) is 0.600. The predicted molar refractivity (Wildman–Crippen MR) is 58.2 cm³/mol. The smallest absolute Gasteiger partial charge is 0.308 e. The summed E-state index contributed by atoms with van der Waals surface area (Å²) >= 11 is 1.40. The molecule has 0 radical (unpaired) electrons. The second kappa shape index (κ2) is 4.28. The molecule has 0 fully saturated rings. The van der Waals surface area contributed by atoms with Crippen molar-refractivity contribution in [2.75, 3.05) is 7.11 Å². The first-order valence-corrected chi connectivity index (χ1v) is 5.42. The molecule has 0 aliphatic carbocycles. The van der Waals surface area contributed by atoms with Gasteiger partial charge in [0.25, 0.3) is 0 Å². The zero-order chi connectivity index (χ0) is 11.6. The van der Waals surface area contributed by atoms with E-state index in [2.05, 4.69) is 4.98 Å². The molecule has 0 saturated carbocycles. The van der Waals surface area contributed by atoms with Gasteiger partial charge in [-0.2, -0.15) is 0 Å². The highest BCUT2D eigenvalue weighted by atomic mass is 32.1. The van der Waals surface area contributed by atoms with Crippen molar-refractivity contribution >= 4 is 17.3 Å². The summed E-state index contributed by atoms with van der Waals surface area (Å²) in [7, 11) is 1.62. The minimum absolute atomic E-state index is 0.0310. The van der Waals surface area contributed by atoms with E-state index < -0.39 is 11.6 Å². The predicted octanol–water partition coefficient (Wildman–Crippen LogP) is 1.96. The van der Waals surface area contributed by atoms with Crippen molar-refractivity contribution in [3.8, 4) is 0 Å². The minimum atomic E-state index is -0.830. The van der Waals surface area contributed by atoms with Crippen molar-refractivity contribution in [2.24, 2.45) is 0 Å². The summed E-state index contributed by atoms with van der Waals surface area (Å²) in [5.74, 6) is -0.830. The second-order valence-electron chi connectivity index (χ2n) is 3.81. The average molecular weight is 229 g/mol. The Morgan fingerprint density at radius 2 is 2.20 bits per heavy atom. The zero-order valence-electron chi connectivity index (χ0n) is 9.33. The Kier molecular flexibility index (Phi) is 3.46. The summed E-state index contributed by atoms with van der Waals surface area (Å²) in [6, 6.07) is 0. The van der Waals surface area contributed by atoms with Crippen molar-refractivity contribution in [3.63, 3.8) is 0 Å². The number of rotatable bonds is 4. The summed E-state index contributed by atoms with van der Waals surface area (Å²) < 4.78 is 5.30. The van der Waals surface area contributed by atoms with Crippen LogP contribution in [0.4, 0.5) is 0 Å². The Bertz CT molecular complexity index is 371. The zero-order valence-corrected chi connectivity index (χ0v) is 10.1. The van der Waals surface area contributed by atoms with Gasteiger partial charge in [-0.15, -0.1) is 11.3 Å². The highest BCUT2D eigenvalue weighted by molar-refractivity contribution is 7.12. The Morgan fingerprint density at radius 1 is 1.60 bits per heavy atom. The number of carboxylic acid groups (broad SMARTS) is 1. The lowest BCUT2D eigenvalue weighted by molar-refractivity contribution is -0.136. The molecule has 1 aromatic rings. The second-order valence-corrected chi connectivity index (χ2v) is 4.90. The minimum Gasteiger partial charge on any atom is -0.481 e. The number of hydrogen-bond acceptors (Lipinski definition) is 4. The van der Waals surface area contributed by atoms with E-state index in [1.165, 1.54) is 11.3 Å². The number of methoxy groups -OCH3 is 1. The molecular formula is C10H15NO3S. The van der Waals surface area contributed by atoms with E-state index in [-0.39, 0.29) is 6.42 Å². The third-order valence-electron chi connectivity index (χ3n) is 2.23. The van der Waals surface area contributed by atoms with Crippen LogP contribution in [0, 0.1) is 6.92 Å². The van der Waals surface area contributed by atoms with Crippen LogP contribution in [-0.2, 0) is 21.6 Å². The molecule has 1 heterocycles. The van der Waals surface area contributed by atoms with Gasteiger partial charge in [-0.1, -0.05) is 0 Å². The molecule has 0 aliphatic heterocycles. The van der Waals surface area contributed by atoms with Gasteiger partial charge in [-0.25, -0.2) is 4.98 Å². The molecule has 0 bridgehead atoms. The molecular weight excluding hydrogens is 214 g/mol. The molecule has 0 atom stereocenters. The van der Waals surface area contributed by atoms with E-state index in [1.54, 1.807) is 7.11 Å². The van der Waals surface area contributed by atoms with E-state index in [0.717, 1.165) is 15.6 Å². The maximum absolute atomic E-state index is 10.6. The first-order valence-electron chi connectivity index (χ1n) is 4.60. The molecule has 0 saturated heterocycles. The van der Waals surface area contributed by atoms with Gasteiger partial charge in [0, 0.05) is 12.0 Å². The first kappa shape index (κ1) is 12.1. The third-order valence-corrected chi connectivity index (χ3v) is 3.69. The van der Waals surface area contributed by atoms with Crippen molar-refractivity contribution in [3.05, 3.63) is 15.6 Å². The van der Waals surface area contributed by atoms with Crippen LogP contribution in [0.5, 0.6) is 0 Å². The van der Waals surface area contributed by atoms with Crippen LogP contribution >= 0.6 is 11.3 Å². The molecule has 0 aliphatic rings. The number of carboxylic acids is 1. The molecule has 1 rings (SSSR count). The Balaban J connectivity index is 3.00. The summed E-state index contributed by atoms with van der Waals surface area (Å²) in [6.07, 6.45) is 0.0310. The van der Waals surface area contributed by atoms with Crippen LogP contribution in [-0.4, -0.2) is 23.2 Å². The van der Waals surface area contributed by atoms with Gasteiger partial charge in [0.2, 0.25) is 0 Å². The average Bonchev–Trinajstić information content (AvgIpc) is 2.48. The van der Waals surface area contributed by atoms with Crippen molar-refractivity contribution in [2.45, 2.75) is 32.8 Å². The number of aromatic nitrogens is 1. The summed E-state index contributed by atoms with van der Waals surface area (Å²) in [5, 5.41) is 9.53. The number of ether oxygens (including phenoxy) is 1. The monoisotopic (exact) mass is 229 g/mol. The number of carbonyl (C=O) groups is 1. The topological polar surface area (TPSA) is 59.4 Å². The van der Waals surface area contributed by atoms with Crippen molar-refractivity contribution < 1.29 is 14.6 Å². The fourth-order valence-corrected chi connectivity index (χ4v) is 2.21. The van der Waals surface area contributed by atoms with Gasteiger partial charge in [0.15, 0.2) is 0 Å². The van der Waals surface area contributed by atoms with Crippen LogP contribution in [0.25, 0.3) is 0 Å². The molecule has 84 valence electrons. The number of nitrogens with zero attached hydrogens (tertiary/aromatic N) is 1. The summed E-state index contributed by atoms with van der Waals surface area (Å²) in [5.41, 5.74) is 0.328. The lowest BCUT2D eigenvalue weighted by Gasteiger charge is -2.19. The summed E-state index contributed by atoms with van der Waals surface area (Å²) in [4.78, 5) is 15.7. The van der Waals surface area contributed by atoms with E-state index in [9.17, 15) is 4.79 Å². The van der Waals surface area contributed by atoms with E-state index in [0.29, 0.717) is 0 Å². The van der Waals surface area contributed by atoms with Gasteiger partial charge in [-0.3, -0.25) is 4.79 Å². The number of hydrogen-bond donors (Lipinski definition) is 1. The van der Waals surface area contributed by atoms with Crippen molar-refractivity contribution in [1.29, 1.82) is 0 Å². The third kappa shape index (κ3) is 2.76. The largest absolute Gasteiger partial charge is 0.481 e. The number of aliphatic carboxylic acids is 1. The lowest BCUT2D eigenvalue weighted by atomic mass is 10.1. The van der Waals surface area contributed by atoms with E-state index in [4.69, 9.17) is 9.84 Å². The molecule has 4 nitrogen and oxygen atoms in total. The standard InChI is InChI=1S/C10H15NO3S/c1-6-7(5-8(12)13)15-9(11-6)10(2,3)14-4/h5H2,1-4H3,(H,12,13). The lowest BCUT2D eigenvalue weighted by Crippen LogP contribution is -2.18.